The predicted octanol–water partition coefficient (Wildman–Crippen LogP) is 6.48. The summed E-state index contributed by atoms with van der Waals surface area (Å²) in [6.07, 6.45) is 0.936. The number of piperazine rings is 2. The van der Waals surface area contributed by atoms with Gasteiger partial charge in [0.1, 0.15) is 0 Å². The zero-order valence-corrected chi connectivity index (χ0v) is 26.1. The highest BCUT2D eigenvalue weighted by atomic mass is 16.2. The number of amides is 1. The van der Waals surface area contributed by atoms with Crippen molar-refractivity contribution in [2.45, 2.75) is 18.5 Å². The third-order valence-corrected chi connectivity index (χ3v) is 10.1. The highest BCUT2D eigenvalue weighted by molar-refractivity contribution is 5.82. The van der Waals surface area contributed by atoms with E-state index < -0.39 is 0 Å². The van der Waals surface area contributed by atoms with Crippen molar-refractivity contribution in [3.63, 3.8) is 0 Å². The lowest BCUT2D eigenvalue weighted by Crippen LogP contribution is -2.50. The Morgan fingerprint density at radius 1 is 0.489 bits per heavy atom. The molecule has 5 heteroatoms. The SMILES string of the molecule is C=C(C1CC1C(=O)N1CCN(C(c2ccccc2)c2ccccc2)CC1)N1CCN(C(c2ccccc2)c2ccccc2)CC1. The fraction of sp³-hybridized carbons (Fsp3) is 0.325. The van der Waals surface area contributed by atoms with Crippen LogP contribution in [0, 0.1) is 11.8 Å². The Kier molecular flexibility index (Phi) is 8.81. The number of nitrogens with zero attached hydrogens (tertiary/aromatic N) is 4. The van der Waals surface area contributed by atoms with Gasteiger partial charge in [-0.15, -0.1) is 0 Å². The molecule has 0 aromatic heterocycles. The van der Waals surface area contributed by atoms with Crippen molar-refractivity contribution in [1.29, 1.82) is 0 Å². The second-order valence-electron chi connectivity index (χ2n) is 12.8. The second-order valence-corrected chi connectivity index (χ2v) is 12.8. The van der Waals surface area contributed by atoms with E-state index in [-0.39, 0.29) is 23.9 Å². The maximum atomic E-state index is 13.7. The van der Waals surface area contributed by atoms with Crippen LogP contribution >= 0.6 is 0 Å². The summed E-state index contributed by atoms with van der Waals surface area (Å²) in [5.41, 5.74) is 6.45. The minimum absolute atomic E-state index is 0.0857. The Hall–Kier alpha value is -4.19. The summed E-state index contributed by atoms with van der Waals surface area (Å²) in [5.74, 6) is 0.689. The third kappa shape index (κ3) is 6.47. The van der Waals surface area contributed by atoms with Crippen LogP contribution in [0.15, 0.2) is 134 Å². The third-order valence-electron chi connectivity index (χ3n) is 10.1. The molecule has 1 amide bonds. The maximum absolute atomic E-state index is 13.7. The molecule has 3 aliphatic rings. The van der Waals surface area contributed by atoms with E-state index in [1.54, 1.807) is 0 Å². The lowest BCUT2D eigenvalue weighted by molar-refractivity contribution is -0.134. The minimum Gasteiger partial charge on any atom is -0.372 e. The second kappa shape index (κ2) is 13.4. The van der Waals surface area contributed by atoms with Crippen LogP contribution in [0.1, 0.15) is 40.8 Å². The Labute approximate surface area is 268 Å². The van der Waals surface area contributed by atoms with Crippen LogP contribution in [-0.4, -0.2) is 77.9 Å². The molecule has 0 bridgehead atoms. The molecule has 0 radical (unpaired) electrons. The standard InChI is InChI=1S/C40H44N4O/c1-31(41-22-24-42(25-23-41)38(32-14-6-2-7-15-32)33-16-8-3-9-17-33)36-30-37(36)40(45)44-28-26-43(27-29-44)39(34-18-10-4-11-19-34)35-20-12-5-13-21-35/h2-21,36-39H,1,22-30H2. The zero-order chi connectivity index (χ0) is 30.6. The van der Waals surface area contributed by atoms with Crippen molar-refractivity contribution in [2.75, 3.05) is 52.4 Å². The Morgan fingerprint density at radius 3 is 1.18 bits per heavy atom. The molecular weight excluding hydrogens is 552 g/mol. The topological polar surface area (TPSA) is 30.0 Å². The van der Waals surface area contributed by atoms with Gasteiger partial charge >= 0.3 is 0 Å². The molecule has 3 fully saturated rings. The molecule has 2 aliphatic heterocycles. The van der Waals surface area contributed by atoms with Gasteiger partial charge in [0.15, 0.2) is 0 Å². The highest BCUT2D eigenvalue weighted by Gasteiger charge is 2.48. The van der Waals surface area contributed by atoms with Gasteiger partial charge in [-0.25, -0.2) is 0 Å². The van der Waals surface area contributed by atoms with Gasteiger partial charge in [0.25, 0.3) is 0 Å². The predicted molar refractivity (Wildman–Crippen MR) is 181 cm³/mol. The fourth-order valence-electron chi connectivity index (χ4n) is 7.54. The largest absolute Gasteiger partial charge is 0.372 e. The van der Waals surface area contributed by atoms with Crippen LogP contribution in [-0.2, 0) is 4.79 Å². The molecule has 2 saturated heterocycles. The minimum atomic E-state index is 0.0857. The number of hydrogen-bond acceptors (Lipinski definition) is 4. The molecule has 2 heterocycles. The summed E-state index contributed by atoms with van der Waals surface area (Å²) < 4.78 is 0. The molecule has 0 spiro atoms. The molecule has 45 heavy (non-hydrogen) atoms. The molecule has 0 N–H and O–H groups in total. The lowest BCUT2D eigenvalue weighted by Gasteiger charge is -2.41. The molecule has 7 rings (SSSR count). The van der Waals surface area contributed by atoms with Gasteiger partial charge in [-0.1, -0.05) is 128 Å². The van der Waals surface area contributed by atoms with Crippen LogP contribution in [0.5, 0.6) is 0 Å². The number of benzene rings is 4. The average Bonchev–Trinajstić information content (AvgIpc) is 3.92. The first-order valence-electron chi connectivity index (χ1n) is 16.6. The molecule has 4 aromatic rings. The van der Waals surface area contributed by atoms with E-state index in [1.807, 2.05) is 0 Å². The summed E-state index contributed by atoms with van der Waals surface area (Å²) in [4.78, 5) is 23.4. The molecular formula is C40H44N4O. The molecule has 5 nitrogen and oxygen atoms in total. The lowest BCUT2D eigenvalue weighted by atomic mass is 9.96. The van der Waals surface area contributed by atoms with Crippen molar-refractivity contribution in [3.8, 4) is 0 Å². The maximum Gasteiger partial charge on any atom is 0.226 e. The van der Waals surface area contributed by atoms with Crippen molar-refractivity contribution < 1.29 is 4.79 Å². The van der Waals surface area contributed by atoms with Crippen molar-refractivity contribution in [1.82, 2.24) is 19.6 Å². The number of hydrogen-bond donors (Lipinski definition) is 0. The Morgan fingerprint density at radius 2 is 0.822 bits per heavy atom. The smallest absolute Gasteiger partial charge is 0.226 e. The number of rotatable bonds is 9. The number of carbonyl (C=O) groups is 1. The van der Waals surface area contributed by atoms with E-state index >= 15 is 0 Å². The summed E-state index contributed by atoms with van der Waals surface area (Å²) >= 11 is 0. The van der Waals surface area contributed by atoms with Gasteiger partial charge in [0, 0.05) is 69.9 Å². The summed E-state index contributed by atoms with van der Waals surface area (Å²) in [5, 5.41) is 0. The van der Waals surface area contributed by atoms with Gasteiger partial charge in [0.05, 0.1) is 12.1 Å². The Bertz CT molecular complexity index is 1350. The van der Waals surface area contributed by atoms with Crippen LogP contribution < -0.4 is 0 Å². The zero-order valence-electron chi connectivity index (χ0n) is 26.1. The van der Waals surface area contributed by atoms with Gasteiger partial charge in [-0.05, 0) is 28.7 Å². The van der Waals surface area contributed by atoms with E-state index in [4.69, 9.17) is 0 Å². The first-order valence-corrected chi connectivity index (χ1v) is 16.6. The molecule has 2 unspecified atom stereocenters. The molecule has 1 saturated carbocycles. The highest BCUT2D eigenvalue weighted by Crippen LogP contribution is 2.46. The van der Waals surface area contributed by atoms with Gasteiger partial charge in [0.2, 0.25) is 5.91 Å². The summed E-state index contributed by atoms with van der Waals surface area (Å²) in [7, 11) is 0. The van der Waals surface area contributed by atoms with Crippen LogP contribution in [0.2, 0.25) is 0 Å². The van der Waals surface area contributed by atoms with E-state index in [2.05, 4.69) is 148 Å². The Balaban J connectivity index is 0.937. The number of carbonyl (C=O) groups excluding carboxylic acids is 1. The van der Waals surface area contributed by atoms with Crippen molar-refractivity contribution in [3.05, 3.63) is 156 Å². The quantitative estimate of drug-likeness (QED) is 0.221. The van der Waals surface area contributed by atoms with Crippen molar-refractivity contribution in [2.24, 2.45) is 11.8 Å². The molecule has 230 valence electrons. The average molecular weight is 597 g/mol. The van der Waals surface area contributed by atoms with E-state index in [9.17, 15) is 4.79 Å². The van der Waals surface area contributed by atoms with Crippen LogP contribution in [0.3, 0.4) is 0 Å². The summed E-state index contributed by atoms with van der Waals surface area (Å²) in [6, 6.07) is 43.7. The first kappa shape index (κ1) is 29.5. The summed E-state index contributed by atoms with van der Waals surface area (Å²) in [6.45, 7) is 11.7. The van der Waals surface area contributed by atoms with E-state index in [0.29, 0.717) is 5.91 Å². The van der Waals surface area contributed by atoms with Gasteiger partial charge in [-0.3, -0.25) is 14.6 Å². The fourth-order valence-corrected chi connectivity index (χ4v) is 7.54. The van der Waals surface area contributed by atoms with Gasteiger partial charge in [-0.2, -0.15) is 0 Å². The monoisotopic (exact) mass is 596 g/mol. The van der Waals surface area contributed by atoms with Crippen LogP contribution in [0.4, 0.5) is 0 Å². The van der Waals surface area contributed by atoms with Crippen molar-refractivity contribution >= 4 is 5.91 Å². The first-order chi connectivity index (χ1) is 22.2. The molecule has 1 aliphatic carbocycles. The van der Waals surface area contributed by atoms with E-state index in [0.717, 1.165) is 64.5 Å². The number of allylic oxidation sites excluding steroid dienone is 1. The molecule has 4 aromatic carbocycles. The van der Waals surface area contributed by atoms with Gasteiger partial charge < -0.3 is 9.80 Å². The normalized spacial score (nSPS) is 20.8. The molecule has 2 atom stereocenters. The van der Waals surface area contributed by atoms with E-state index in [1.165, 1.54) is 22.3 Å². The van der Waals surface area contributed by atoms with Crippen LogP contribution in [0.25, 0.3) is 0 Å².